The topological polar surface area (TPSA) is 128 Å². The summed E-state index contributed by atoms with van der Waals surface area (Å²) < 4.78 is 5.26. The SMILES string of the molecule is NC(=O)N/N=C/C(C[NH+]1CCCCC1)c1ccc([N+](=O)[O-])o1. The molecule has 1 atom stereocenters. The number of hydrogen-bond acceptors (Lipinski definition) is 5. The van der Waals surface area contributed by atoms with Crippen LogP contribution in [0.3, 0.4) is 0 Å². The van der Waals surface area contributed by atoms with E-state index < -0.39 is 11.0 Å². The Hall–Kier alpha value is -2.42. The van der Waals surface area contributed by atoms with E-state index in [4.69, 9.17) is 10.2 Å². The number of likely N-dealkylation sites (tertiary alicyclic amines) is 1. The normalized spacial score (nSPS) is 17.5. The zero-order valence-corrected chi connectivity index (χ0v) is 12.2. The Morgan fingerprint density at radius 1 is 1.50 bits per heavy atom. The molecule has 0 spiro atoms. The number of rotatable bonds is 6. The summed E-state index contributed by atoms with van der Waals surface area (Å²) in [6.07, 6.45) is 5.07. The lowest BCUT2D eigenvalue weighted by Crippen LogP contribution is -3.13. The van der Waals surface area contributed by atoms with Crippen molar-refractivity contribution >= 4 is 18.1 Å². The van der Waals surface area contributed by atoms with Gasteiger partial charge in [0.15, 0.2) is 0 Å². The molecule has 22 heavy (non-hydrogen) atoms. The number of nitrogens with zero attached hydrogens (tertiary/aromatic N) is 2. The van der Waals surface area contributed by atoms with Crippen LogP contribution in [0.1, 0.15) is 30.9 Å². The van der Waals surface area contributed by atoms with Crippen molar-refractivity contribution in [2.24, 2.45) is 10.8 Å². The van der Waals surface area contributed by atoms with Crippen molar-refractivity contribution in [2.75, 3.05) is 19.6 Å². The van der Waals surface area contributed by atoms with Gasteiger partial charge in [-0.3, -0.25) is 10.1 Å². The van der Waals surface area contributed by atoms with E-state index in [1.807, 2.05) is 0 Å². The van der Waals surface area contributed by atoms with Gasteiger partial charge in [0.25, 0.3) is 0 Å². The lowest BCUT2D eigenvalue weighted by molar-refractivity contribution is -0.905. The van der Waals surface area contributed by atoms with Crippen LogP contribution in [0.25, 0.3) is 0 Å². The monoisotopic (exact) mass is 310 g/mol. The minimum atomic E-state index is -0.759. The number of nitro groups is 1. The third-order valence-corrected chi connectivity index (χ3v) is 3.66. The molecule has 1 fully saturated rings. The smallest absolute Gasteiger partial charge is 0.405 e. The van der Waals surface area contributed by atoms with Crippen LogP contribution in [0, 0.1) is 10.1 Å². The molecule has 1 aliphatic heterocycles. The Morgan fingerprint density at radius 3 is 2.82 bits per heavy atom. The second kappa shape index (κ2) is 7.55. The number of piperidine rings is 1. The summed E-state index contributed by atoms with van der Waals surface area (Å²) in [5.74, 6) is -0.0988. The van der Waals surface area contributed by atoms with Gasteiger partial charge in [-0.2, -0.15) is 5.10 Å². The minimum absolute atomic E-state index is 0.256. The van der Waals surface area contributed by atoms with E-state index in [9.17, 15) is 14.9 Å². The highest BCUT2D eigenvalue weighted by Gasteiger charge is 2.24. The van der Waals surface area contributed by atoms with E-state index in [1.165, 1.54) is 23.6 Å². The van der Waals surface area contributed by atoms with E-state index >= 15 is 0 Å². The quantitative estimate of drug-likeness (QED) is 0.388. The molecule has 1 aliphatic rings. The first-order valence-electron chi connectivity index (χ1n) is 7.22. The second-order valence-electron chi connectivity index (χ2n) is 5.31. The van der Waals surface area contributed by atoms with Gasteiger partial charge in [-0.05, 0) is 25.3 Å². The summed E-state index contributed by atoms with van der Waals surface area (Å²) in [7, 11) is 0. The van der Waals surface area contributed by atoms with E-state index in [0.29, 0.717) is 12.3 Å². The first kappa shape index (κ1) is 16.0. The number of urea groups is 1. The lowest BCUT2D eigenvalue weighted by atomic mass is 10.0. The second-order valence-corrected chi connectivity index (χ2v) is 5.31. The molecule has 2 rings (SSSR count). The fourth-order valence-corrected chi connectivity index (χ4v) is 2.62. The van der Waals surface area contributed by atoms with Crippen LogP contribution in [0.4, 0.5) is 10.7 Å². The van der Waals surface area contributed by atoms with Crippen molar-refractivity contribution < 1.29 is 19.0 Å². The van der Waals surface area contributed by atoms with Crippen molar-refractivity contribution in [3.8, 4) is 0 Å². The van der Waals surface area contributed by atoms with Gasteiger partial charge in [0, 0.05) is 6.21 Å². The van der Waals surface area contributed by atoms with Crippen LogP contribution in [0.5, 0.6) is 0 Å². The number of hydrogen-bond donors (Lipinski definition) is 3. The van der Waals surface area contributed by atoms with E-state index in [0.717, 1.165) is 25.9 Å². The molecule has 120 valence electrons. The maximum atomic E-state index is 10.7. The summed E-state index contributed by atoms with van der Waals surface area (Å²) >= 11 is 0. The van der Waals surface area contributed by atoms with Crippen LogP contribution in [-0.2, 0) is 0 Å². The average molecular weight is 310 g/mol. The van der Waals surface area contributed by atoms with Crippen molar-refractivity contribution in [1.82, 2.24) is 5.43 Å². The van der Waals surface area contributed by atoms with Gasteiger partial charge >= 0.3 is 11.9 Å². The molecular weight excluding hydrogens is 290 g/mol. The highest BCUT2D eigenvalue weighted by molar-refractivity contribution is 5.74. The molecule has 2 amide bonds. The van der Waals surface area contributed by atoms with Crippen LogP contribution in [0.2, 0.25) is 0 Å². The molecule has 1 aromatic heterocycles. The number of quaternary nitrogens is 1. The fraction of sp³-hybridized carbons (Fsp3) is 0.538. The number of carbonyl (C=O) groups is 1. The summed E-state index contributed by atoms with van der Waals surface area (Å²) in [6.45, 7) is 2.81. The Kier molecular flexibility index (Phi) is 5.48. The van der Waals surface area contributed by atoms with Gasteiger partial charge in [-0.1, -0.05) is 0 Å². The molecule has 9 heteroatoms. The molecule has 0 aromatic carbocycles. The number of nitrogens with two attached hydrogens (primary N) is 1. The third-order valence-electron chi connectivity index (χ3n) is 3.66. The van der Waals surface area contributed by atoms with E-state index in [-0.39, 0.29) is 11.8 Å². The van der Waals surface area contributed by atoms with Crippen molar-refractivity contribution in [2.45, 2.75) is 25.2 Å². The molecule has 2 heterocycles. The molecule has 1 aromatic rings. The number of primary amides is 1. The predicted molar refractivity (Wildman–Crippen MR) is 78.7 cm³/mol. The largest absolute Gasteiger partial charge is 0.433 e. The molecule has 9 nitrogen and oxygen atoms in total. The molecule has 1 saturated heterocycles. The molecule has 4 N–H and O–H groups in total. The van der Waals surface area contributed by atoms with Gasteiger partial charge < -0.3 is 15.1 Å². The Labute approximate surface area is 127 Å². The predicted octanol–water partition coefficient (Wildman–Crippen LogP) is -0.00570. The Morgan fingerprint density at radius 2 is 2.23 bits per heavy atom. The molecule has 0 bridgehead atoms. The Balaban J connectivity index is 2.09. The molecular formula is C13H20N5O4+. The number of hydrazone groups is 1. The number of amides is 2. The molecule has 0 radical (unpaired) electrons. The first-order valence-corrected chi connectivity index (χ1v) is 7.22. The highest BCUT2D eigenvalue weighted by atomic mass is 16.6. The zero-order chi connectivity index (χ0) is 15.9. The standard InChI is InChI=1S/C13H19N5O4/c14-13(19)16-15-8-10(9-17-6-2-1-3-7-17)11-4-5-12(22-11)18(20)21/h4-5,8,10H,1-3,6-7,9H2,(H3,14,16,19)/p+1/b15-8+. The van der Waals surface area contributed by atoms with Crippen LogP contribution in [0.15, 0.2) is 21.7 Å². The van der Waals surface area contributed by atoms with E-state index in [1.54, 1.807) is 6.07 Å². The van der Waals surface area contributed by atoms with Gasteiger partial charge in [0.2, 0.25) is 0 Å². The Bertz CT molecular complexity index is 550. The van der Waals surface area contributed by atoms with Crippen molar-refractivity contribution in [1.29, 1.82) is 0 Å². The average Bonchev–Trinajstić information content (AvgIpc) is 2.97. The van der Waals surface area contributed by atoms with Crippen LogP contribution < -0.4 is 16.1 Å². The van der Waals surface area contributed by atoms with Gasteiger partial charge in [-0.15, -0.1) is 0 Å². The van der Waals surface area contributed by atoms with Crippen molar-refractivity contribution in [3.63, 3.8) is 0 Å². The molecule has 1 unspecified atom stereocenters. The van der Waals surface area contributed by atoms with E-state index in [2.05, 4.69) is 10.5 Å². The summed E-state index contributed by atoms with van der Waals surface area (Å²) in [5, 5.41) is 14.5. The third kappa shape index (κ3) is 4.55. The first-order chi connectivity index (χ1) is 10.6. The maximum Gasteiger partial charge on any atom is 0.433 e. The molecule has 0 aliphatic carbocycles. The summed E-state index contributed by atoms with van der Waals surface area (Å²) in [4.78, 5) is 22.2. The fourth-order valence-electron chi connectivity index (χ4n) is 2.62. The number of furan rings is 1. The molecule has 0 saturated carbocycles. The van der Waals surface area contributed by atoms with Gasteiger partial charge in [0.1, 0.15) is 16.6 Å². The van der Waals surface area contributed by atoms with Crippen LogP contribution >= 0.6 is 0 Å². The number of nitrogens with one attached hydrogen (secondary N) is 2. The summed E-state index contributed by atoms with van der Waals surface area (Å²) in [6, 6.07) is 2.14. The van der Waals surface area contributed by atoms with Gasteiger partial charge in [-0.25, -0.2) is 10.2 Å². The minimum Gasteiger partial charge on any atom is -0.405 e. The van der Waals surface area contributed by atoms with Crippen molar-refractivity contribution in [3.05, 3.63) is 28.0 Å². The van der Waals surface area contributed by atoms with Gasteiger partial charge in [0.05, 0.1) is 25.7 Å². The highest BCUT2D eigenvalue weighted by Crippen LogP contribution is 2.21. The lowest BCUT2D eigenvalue weighted by Gasteiger charge is -2.25. The van der Waals surface area contributed by atoms with Crippen LogP contribution in [-0.4, -0.2) is 36.8 Å². The number of carbonyl (C=O) groups excluding carboxylic acids is 1. The maximum absolute atomic E-state index is 10.7. The zero-order valence-electron chi connectivity index (χ0n) is 12.2. The summed E-state index contributed by atoms with van der Waals surface area (Å²) in [5.41, 5.74) is 7.10.